The van der Waals surface area contributed by atoms with E-state index in [4.69, 9.17) is 0 Å². The van der Waals surface area contributed by atoms with Crippen LogP contribution < -0.4 is 0 Å². The molecule has 0 radical (unpaired) electrons. The molecule has 1 N–H and O–H groups in total. The van der Waals surface area contributed by atoms with Crippen LogP contribution in [0.2, 0.25) is 0 Å². The van der Waals surface area contributed by atoms with Gasteiger partial charge in [0, 0.05) is 0 Å². The highest BCUT2D eigenvalue weighted by Gasteiger charge is 1.99. The van der Waals surface area contributed by atoms with Crippen molar-refractivity contribution in [2.24, 2.45) is 0 Å². The standard InChI is InChI=1S/C18H38O/c1-3-5-6-7-8-9-10-11-12-13-14-15-16-17-18(19)4-2/h18-19H,3-17H2,1-2H3/t18-/m1/s1. The van der Waals surface area contributed by atoms with E-state index >= 15 is 0 Å². The van der Waals surface area contributed by atoms with E-state index in [1.54, 1.807) is 0 Å². The minimum Gasteiger partial charge on any atom is -0.393 e. The molecule has 1 heteroatoms. The number of rotatable bonds is 15. The van der Waals surface area contributed by atoms with Gasteiger partial charge in [-0.3, -0.25) is 0 Å². The maximum atomic E-state index is 9.44. The van der Waals surface area contributed by atoms with Crippen LogP contribution in [0.5, 0.6) is 0 Å². The van der Waals surface area contributed by atoms with E-state index in [9.17, 15) is 5.11 Å². The minimum absolute atomic E-state index is 0.0484. The molecule has 0 aliphatic rings. The third-order valence-corrected chi connectivity index (χ3v) is 4.11. The van der Waals surface area contributed by atoms with Crippen molar-refractivity contribution in [2.75, 3.05) is 0 Å². The van der Waals surface area contributed by atoms with Crippen molar-refractivity contribution < 1.29 is 5.11 Å². The lowest BCUT2D eigenvalue weighted by Gasteiger charge is -2.06. The molecule has 0 unspecified atom stereocenters. The van der Waals surface area contributed by atoms with E-state index in [2.05, 4.69) is 13.8 Å². The van der Waals surface area contributed by atoms with Gasteiger partial charge in [-0.15, -0.1) is 0 Å². The van der Waals surface area contributed by atoms with Gasteiger partial charge in [-0.25, -0.2) is 0 Å². The Hall–Kier alpha value is -0.0400. The lowest BCUT2D eigenvalue weighted by Crippen LogP contribution is -2.03. The molecule has 0 heterocycles. The summed E-state index contributed by atoms with van der Waals surface area (Å²) in [7, 11) is 0. The van der Waals surface area contributed by atoms with E-state index in [-0.39, 0.29) is 6.10 Å². The highest BCUT2D eigenvalue weighted by molar-refractivity contribution is 4.53. The molecule has 0 fully saturated rings. The first-order valence-corrected chi connectivity index (χ1v) is 8.99. The monoisotopic (exact) mass is 270 g/mol. The molecule has 0 aromatic carbocycles. The second kappa shape index (κ2) is 16.0. The van der Waals surface area contributed by atoms with Crippen LogP contribution in [0.1, 0.15) is 110 Å². The maximum Gasteiger partial charge on any atom is 0.0537 e. The van der Waals surface area contributed by atoms with Crippen LogP contribution in [0, 0.1) is 0 Å². The van der Waals surface area contributed by atoms with Crippen LogP contribution in [0.3, 0.4) is 0 Å². The van der Waals surface area contributed by atoms with Crippen molar-refractivity contribution in [3.8, 4) is 0 Å². The summed E-state index contributed by atoms with van der Waals surface area (Å²) in [5, 5.41) is 9.44. The van der Waals surface area contributed by atoms with Gasteiger partial charge >= 0.3 is 0 Å². The zero-order chi connectivity index (χ0) is 14.2. The van der Waals surface area contributed by atoms with Crippen LogP contribution in [0.15, 0.2) is 0 Å². The number of hydrogen-bond acceptors (Lipinski definition) is 1. The highest BCUT2D eigenvalue weighted by atomic mass is 16.3. The molecule has 0 amide bonds. The molecule has 0 saturated heterocycles. The number of aliphatic hydroxyl groups excluding tert-OH is 1. The van der Waals surface area contributed by atoms with Crippen molar-refractivity contribution in [3.05, 3.63) is 0 Å². The van der Waals surface area contributed by atoms with Crippen LogP contribution in [-0.4, -0.2) is 11.2 Å². The summed E-state index contributed by atoms with van der Waals surface area (Å²) in [6.07, 6.45) is 20.1. The molecule has 1 nitrogen and oxygen atoms in total. The molecule has 0 saturated carbocycles. The fraction of sp³-hybridized carbons (Fsp3) is 1.00. The fourth-order valence-electron chi connectivity index (χ4n) is 2.60. The first-order valence-electron chi connectivity index (χ1n) is 8.99. The summed E-state index contributed by atoms with van der Waals surface area (Å²) in [5.74, 6) is 0. The van der Waals surface area contributed by atoms with Crippen LogP contribution >= 0.6 is 0 Å². The van der Waals surface area contributed by atoms with Crippen molar-refractivity contribution >= 4 is 0 Å². The molecular weight excluding hydrogens is 232 g/mol. The summed E-state index contributed by atoms with van der Waals surface area (Å²) in [6, 6.07) is 0. The quantitative estimate of drug-likeness (QED) is 0.349. The third-order valence-electron chi connectivity index (χ3n) is 4.11. The normalized spacial score (nSPS) is 12.8. The SMILES string of the molecule is CCCCCCCCCCCCCCC[C@H](O)CC. The molecule has 0 aromatic rings. The number of aliphatic hydroxyl groups is 1. The summed E-state index contributed by atoms with van der Waals surface area (Å²) in [6.45, 7) is 4.34. The van der Waals surface area contributed by atoms with Crippen LogP contribution in [0.25, 0.3) is 0 Å². The molecule has 0 bridgehead atoms. The van der Waals surface area contributed by atoms with Gasteiger partial charge in [0.2, 0.25) is 0 Å². The zero-order valence-electron chi connectivity index (χ0n) is 13.6. The van der Waals surface area contributed by atoms with E-state index in [0.717, 1.165) is 12.8 Å². The zero-order valence-corrected chi connectivity index (χ0v) is 13.6. The Bertz CT molecular complexity index is 156. The van der Waals surface area contributed by atoms with Crippen molar-refractivity contribution in [2.45, 2.75) is 116 Å². The van der Waals surface area contributed by atoms with Gasteiger partial charge in [-0.05, 0) is 12.8 Å². The largest absolute Gasteiger partial charge is 0.393 e. The smallest absolute Gasteiger partial charge is 0.0537 e. The molecule has 0 aliphatic carbocycles. The van der Waals surface area contributed by atoms with E-state index in [1.807, 2.05) is 0 Å². The van der Waals surface area contributed by atoms with Gasteiger partial charge in [0.25, 0.3) is 0 Å². The topological polar surface area (TPSA) is 20.2 Å². The first kappa shape index (κ1) is 19.0. The van der Waals surface area contributed by atoms with Gasteiger partial charge in [0.15, 0.2) is 0 Å². The summed E-state index contributed by atoms with van der Waals surface area (Å²) < 4.78 is 0. The van der Waals surface area contributed by atoms with Gasteiger partial charge in [-0.2, -0.15) is 0 Å². The van der Waals surface area contributed by atoms with Crippen LogP contribution in [-0.2, 0) is 0 Å². The Labute approximate surface area is 122 Å². The molecular formula is C18H38O. The second-order valence-corrected chi connectivity index (χ2v) is 6.09. The van der Waals surface area contributed by atoms with Gasteiger partial charge in [0.1, 0.15) is 0 Å². The molecule has 0 spiro atoms. The Kier molecular flexibility index (Phi) is 16.0. The molecule has 1 atom stereocenters. The van der Waals surface area contributed by atoms with Crippen LogP contribution in [0.4, 0.5) is 0 Å². The van der Waals surface area contributed by atoms with Crippen molar-refractivity contribution in [1.82, 2.24) is 0 Å². The lowest BCUT2D eigenvalue weighted by atomic mass is 10.0. The van der Waals surface area contributed by atoms with Gasteiger partial charge in [-0.1, -0.05) is 97.3 Å². The predicted molar refractivity (Wildman–Crippen MR) is 86.6 cm³/mol. The molecule has 0 aromatic heterocycles. The molecule has 116 valence electrons. The van der Waals surface area contributed by atoms with E-state index in [0.29, 0.717) is 0 Å². The number of unbranched alkanes of at least 4 members (excludes halogenated alkanes) is 12. The molecule has 19 heavy (non-hydrogen) atoms. The lowest BCUT2D eigenvalue weighted by molar-refractivity contribution is 0.156. The van der Waals surface area contributed by atoms with E-state index < -0.39 is 0 Å². The van der Waals surface area contributed by atoms with Gasteiger partial charge in [0.05, 0.1) is 6.10 Å². The van der Waals surface area contributed by atoms with Gasteiger partial charge < -0.3 is 5.11 Å². The average molecular weight is 271 g/mol. The molecule has 0 rings (SSSR count). The Morgan fingerprint density at radius 1 is 0.579 bits per heavy atom. The first-order chi connectivity index (χ1) is 9.31. The summed E-state index contributed by atoms with van der Waals surface area (Å²) in [4.78, 5) is 0. The Balaban J connectivity index is 2.95. The summed E-state index contributed by atoms with van der Waals surface area (Å²) in [5.41, 5.74) is 0. The predicted octanol–water partition coefficient (Wildman–Crippen LogP) is 6.24. The average Bonchev–Trinajstić information content (AvgIpc) is 2.43. The highest BCUT2D eigenvalue weighted by Crippen LogP contribution is 2.13. The number of hydrogen-bond donors (Lipinski definition) is 1. The third kappa shape index (κ3) is 15.9. The van der Waals surface area contributed by atoms with Crippen molar-refractivity contribution in [3.63, 3.8) is 0 Å². The summed E-state index contributed by atoms with van der Waals surface area (Å²) >= 11 is 0. The maximum absolute atomic E-state index is 9.44. The van der Waals surface area contributed by atoms with E-state index in [1.165, 1.54) is 83.5 Å². The fourth-order valence-corrected chi connectivity index (χ4v) is 2.60. The molecule has 0 aliphatic heterocycles. The Morgan fingerprint density at radius 2 is 0.947 bits per heavy atom. The van der Waals surface area contributed by atoms with Crippen molar-refractivity contribution in [1.29, 1.82) is 0 Å². The Morgan fingerprint density at radius 3 is 1.32 bits per heavy atom. The minimum atomic E-state index is -0.0484. The second-order valence-electron chi connectivity index (χ2n) is 6.09.